The maximum absolute atomic E-state index is 13.6. The zero-order chi connectivity index (χ0) is 26.0. The van der Waals surface area contributed by atoms with Gasteiger partial charge >= 0.3 is 0 Å². The van der Waals surface area contributed by atoms with Crippen molar-refractivity contribution in [2.45, 2.75) is 59.2 Å². The van der Waals surface area contributed by atoms with E-state index in [2.05, 4.69) is 5.32 Å². The van der Waals surface area contributed by atoms with E-state index in [0.29, 0.717) is 24.5 Å². The number of nitrogens with one attached hydrogen (secondary N) is 1. The van der Waals surface area contributed by atoms with Crippen molar-refractivity contribution in [1.29, 1.82) is 0 Å². The number of amides is 2. The van der Waals surface area contributed by atoms with Crippen molar-refractivity contribution >= 4 is 27.5 Å². The average molecular weight is 504 g/mol. The number of hydrogen-bond acceptors (Lipinski definition) is 5. The molecule has 0 heterocycles. The van der Waals surface area contributed by atoms with Crippen molar-refractivity contribution in [2.24, 2.45) is 0 Å². The second kappa shape index (κ2) is 13.1. The van der Waals surface area contributed by atoms with Crippen LogP contribution in [0.15, 0.2) is 54.6 Å². The van der Waals surface area contributed by atoms with E-state index in [9.17, 15) is 18.0 Å². The molecule has 0 saturated heterocycles. The molecule has 0 fully saturated rings. The van der Waals surface area contributed by atoms with Gasteiger partial charge in [-0.05, 0) is 56.5 Å². The summed E-state index contributed by atoms with van der Waals surface area (Å²) in [5.41, 5.74) is 1.20. The van der Waals surface area contributed by atoms with Crippen LogP contribution >= 0.6 is 0 Å². The van der Waals surface area contributed by atoms with Gasteiger partial charge in [0.1, 0.15) is 18.3 Å². The number of ether oxygens (including phenoxy) is 1. The van der Waals surface area contributed by atoms with E-state index in [0.717, 1.165) is 22.5 Å². The number of benzene rings is 2. The molecule has 0 aliphatic carbocycles. The summed E-state index contributed by atoms with van der Waals surface area (Å²) in [5.74, 6) is -0.105. The Morgan fingerprint density at radius 3 is 2.11 bits per heavy atom. The predicted molar refractivity (Wildman–Crippen MR) is 139 cm³/mol. The summed E-state index contributed by atoms with van der Waals surface area (Å²) in [4.78, 5) is 28.2. The minimum atomic E-state index is -3.78. The van der Waals surface area contributed by atoms with Crippen molar-refractivity contribution < 1.29 is 22.7 Å². The van der Waals surface area contributed by atoms with Crippen LogP contribution in [0.1, 0.15) is 46.1 Å². The van der Waals surface area contributed by atoms with Crippen LogP contribution < -0.4 is 14.4 Å². The largest absolute Gasteiger partial charge is 0.494 e. The first-order valence-corrected chi connectivity index (χ1v) is 13.8. The summed E-state index contributed by atoms with van der Waals surface area (Å²) in [6, 6.07) is 15.1. The van der Waals surface area contributed by atoms with Crippen LogP contribution in [0.2, 0.25) is 0 Å². The van der Waals surface area contributed by atoms with Crippen molar-refractivity contribution in [3.8, 4) is 5.75 Å². The summed E-state index contributed by atoms with van der Waals surface area (Å²) in [6.45, 7) is 7.83. The summed E-state index contributed by atoms with van der Waals surface area (Å²) in [7, 11) is -3.78. The first-order chi connectivity index (χ1) is 16.6. The van der Waals surface area contributed by atoms with Crippen molar-refractivity contribution in [2.75, 3.05) is 23.7 Å². The predicted octanol–water partition coefficient (Wildman–Crippen LogP) is 3.57. The van der Waals surface area contributed by atoms with Gasteiger partial charge in [0.25, 0.3) is 0 Å². The zero-order valence-corrected chi connectivity index (χ0v) is 22.0. The van der Waals surface area contributed by atoms with E-state index in [-0.39, 0.29) is 18.5 Å². The third-order valence-electron chi connectivity index (χ3n) is 5.70. The van der Waals surface area contributed by atoms with Crippen LogP contribution in [0.3, 0.4) is 0 Å². The molecule has 0 bridgehead atoms. The lowest BCUT2D eigenvalue weighted by atomic mass is 10.1. The van der Waals surface area contributed by atoms with Crippen LogP contribution in [0.4, 0.5) is 5.69 Å². The molecule has 35 heavy (non-hydrogen) atoms. The van der Waals surface area contributed by atoms with Gasteiger partial charge in [-0.3, -0.25) is 13.9 Å². The van der Waals surface area contributed by atoms with Gasteiger partial charge in [0.2, 0.25) is 21.8 Å². The normalized spacial score (nSPS) is 12.9. The molecule has 9 heteroatoms. The molecular weight excluding hydrogens is 466 g/mol. The topological polar surface area (TPSA) is 96.0 Å². The Kier molecular flexibility index (Phi) is 10.6. The highest BCUT2D eigenvalue weighted by Crippen LogP contribution is 2.23. The van der Waals surface area contributed by atoms with E-state index in [1.54, 1.807) is 24.3 Å². The van der Waals surface area contributed by atoms with Gasteiger partial charge in [-0.2, -0.15) is 0 Å². The maximum Gasteiger partial charge on any atom is 0.244 e. The van der Waals surface area contributed by atoms with Crippen LogP contribution in [0, 0.1) is 0 Å². The number of carbonyl (C=O) groups excluding carboxylic acids is 2. The molecular formula is C26H37N3O5S. The number of hydrogen-bond donors (Lipinski definition) is 1. The highest BCUT2D eigenvalue weighted by molar-refractivity contribution is 7.92. The highest BCUT2D eigenvalue weighted by Gasteiger charge is 2.32. The number of carbonyl (C=O) groups is 2. The van der Waals surface area contributed by atoms with E-state index in [1.165, 1.54) is 4.90 Å². The standard InChI is InChI=1S/C26H37N3O5S/c1-6-20(4)27-26(31)24(7-2)28(18-21-12-10-9-11-13-21)25(30)19-29(35(5,32)33)22-14-16-23(17-15-22)34-8-3/h9-17,20,24H,6-8,18-19H2,1-5H3,(H,27,31)/t20-,24+/m1/s1. The quantitative estimate of drug-likeness (QED) is 0.451. The molecule has 0 saturated carbocycles. The molecule has 0 spiro atoms. The van der Waals surface area contributed by atoms with Gasteiger partial charge < -0.3 is 15.0 Å². The van der Waals surface area contributed by atoms with Gasteiger partial charge in [0, 0.05) is 12.6 Å². The third-order valence-corrected chi connectivity index (χ3v) is 6.84. The Morgan fingerprint density at radius 2 is 1.60 bits per heavy atom. The Hall–Kier alpha value is -3.07. The fraction of sp³-hybridized carbons (Fsp3) is 0.462. The average Bonchev–Trinajstić information content (AvgIpc) is 2.83. The molecule has 2 atom stereocenters. The molecule has 0 aliphatic heterocycles. The Balaban J connectivity index is 2.39. The van der Waals surface area contributed by atoms with Crippen molar-refractivity contribution in [3.63, 3.8) is 0 Å². The molecule has 2 aromatic rings. The van der Waals surface area contributed by atoms with Crippen LogP contribution in [0.25, 0.3) is 0 Å². The number of sulfonamides is 1. The molecule has 0 radical (unpaired) electrons. The molecule has 2 aromatic carbocycles. The van der Waals surface area contributed by atoms with Gasteiger partial charge in [-0.15, -0.1) is 0 Å². The smallest absolute Gasteiger partial charge is 0.244 e. The van der Waals surface area contributed by atoms with E-state index < -0.39 is 28.5 Å². The minimum absolute atomic E-state index is 0.0402. The first-order valence-electron chi connectivity index (χ1n) is 11.9. The maximum atomic E-state index is 13.6. The van der Waals surface area contributed by atoms with Crippen molar-refractivity contribution in [1.82, 2.24) is 10.2 Å². The summed E-state index contributed by atoms with van der Waals surface area (Å²) in [5, 5.41) is 2.96. The van der Waals surface area contributed by atoms with E-state index in [4.69, 9.17) is 4.74 Å². The molecule has 2 amide bonds. The SMILES string of the molecule is CCOc1ccc(N(CC(=O)N(Cc2ccccc2)[C@@H](CC)C(=O)N[C@H](C)CC)S(C)(=O)=O)cc1. The first kappa shape index (κ1) is 28.2. The zero-order valence-electron chi connectivity index (χ0n) is 21.2. The van der Waals surface area contributed by atoms with Gasteiger partial charge in [-0.25, -0.2) is 8.42 Å². The Bertz CT molecular complexity index is 1060. The summed E-state index contributed by atoms with van der Waals surface area (Å²) in [6.07, 6.45) is 2.21. The summed E-state index contributed by atoms with van der Waals surface area (Å²) >= 11 is 0. The van der Waals surface area contributed by atoms with Gasteiger partial charge in [-0.1, -0.05) is 44.2 Å². The minimum Gasteiger partial charge on any atom is -0.494 e. The summed E-state index contributed by atoms with van der Waals surface area (Å²) < 4.78 is 31.8. The van der Waals surface area contributed by atoms with E-state index in [1.807, 2.05) is 58.0 Å². The van der Waals surface area contributed by atoms with Crippen LogP contribution in [-0.2, 0) is 26.2 Å². The molecule has 0 unspecified atom stereocenters. The monoisotopic (exact) mass is 503 g/mol. The lowest BCUT2D eigenvalue weighted by Crippen LogP contribution is -2.53. The number of rotatable bonds is 13. The molecule has 8 nitrogen and oxygen atoms in total. The van der Waals surface area contributed by atoms with Gasteiger partial charge in [0.05, 0.1) is 18.6 Å². The molecule has 0 aromatic heterocycles. The second-order valence-corrected chi connectivity index (χ2v) is 10.4. The van der Waals surface area contributed by atoms with Gasteiger partial charge in [0.15, 0.2) is 0 Å². The van der Waals surface area contributed by atoms with Crippen LogP contribution in [-0.4, -0.2) is 56.6 Å². The lowest BCUT2D eigenvalue weighted by molar-refractivity contribution is -0.140. The molecule has 192 valence electrons. The van der Waals surface area contributed by atoms with Crippen LogP contribution in [0.5, 0.6) is 5.75 Å². The Labute approximate surface area is 209 Å². The molecule has 2 rings (SSSR count). The number of anilines is 1. The fourth-order valence-corrected chi connectivity index (χ4v) is 4.48. The highest BCUT2D eigenvalue weighted by atomic mass is 32.2. The third kappa shape index (κ3) is 8.28. The van der Waals surface area contributed by atoms with E-state index >= 15 is 0 Å². The number of nitrogens with zero attached hydrogens (tertiary/aromatic N) is 2. The van der Waals surface area contributed by atoms with Crippen molar-refractivity contribution in [3.05, 3.63) is 60.2 Å². The second-order valence-electron chi connectivity index (χ2n) is 8.45. The Morgan fingerprint density at radius 1 is 0.971 bits per heavy atom. The molecule has 1 N–H and O–H groups in total. The molecule has 0 aliphatic rings. The fourth-order valence-electron chi connectivity index (χ4n) is 3.63. The lowest BCUT2D eigenvalue weighted by Gasteiger charge is -2.33.